The van der Waals surface area contributed by atoms with Crippen LogP contribution in [0.15, 0.2) is 59.8 Å². The fourth-order valence-corrected chi connectivity index (χ4v) is 3.79. The molecule has 1 aromatic heterocycles. The Morgan fingerprint density at radius 2 is 1.80 bits per heavy atom. The number of hydrogen-bond acceptors (Lipinski definition) is 5. The topological polar surface area (TPSA) is 69.0 Å². The van der Waals surface area contributed by atoms with Crippen LogP contribution in [0, 0.1) is 0 Å². The van der Waals surface area contributed by atoms with Crippen molar-refractivity contribution < 1.29 is 9.53 Å². The zero-order valence-corrected chi connectivity index (χ0v) is 18.3. The van der Waals surface area contributed by atoms with Crippen LogP contribution in [0.1, 0.15) is 33.1 Å². The summed E-state index contributed by atoms with van der Waals surface area (Å²) < 4.78 is 7.54. The van der Waals surface area contributed by atoms with Crippen molar-refractivity contribution in [2.75, 3.05) is 18.9 Å². The van der Waals surface area contributed by atoms with E-state index in [9.17, 15) is 4.79 Å². The predicted molar refractivity (Wildman–Crippen MR) is 121 cm³/mol. The number of nitrogens with one attached hydrogen (secondary N) is 1. The number of unbranched alkanes of at least 4 members (excludes halogenated alkanes) is 2. The maximum absolute atomic E-state index is 12.2. The number of amides is 1. The zero-order chi connectivity index (χ0) is 21.2. The van der Waals surface area contributed by atoms with Crippen molar-refractivity contribution >= 4 is 17.7 Å². The maximum Gasteiger partial charge on any atom is 0.230 e. The average molecular weight is 425 g/mol. The quantitative estimate of drug-likeness (QED) is 0.356. The summed E-state index contributed by atoms with van der Waals surface area (Å²) in [5.74, 6) is 1.87. The monoisotopic (exact) mass is 424 g/mol. The van der Waals surface area contributed by atoms with E-state index in [1.165, 1.54) is 11.8 Å². The highest BCUT2D eigenvalue weighted by Crippen LogP contribution is 2.28. The third-order valence-corrected chi connectivity index (χ3v) is 5.44. The molecule has 0 atom stereocenters. The van der Waals surface area contributed by atoms with Gasteiger partial charge in [0.15, 0.2) is 11.0 Å². The van der Waals surface area contributed by atoms with Crippen LogP contribution >= 0.6 is 11.8 Å². The molecule has 2 aromatic carbocycles. The highest BCUT2D eigenvalue weighted by atomic mass is 32.2. The van der Waals surface area contributed by atoms with E-state index in [1.807, 2.05) is 66.1 Å². The molecule has 0 saturated heterocycles. The second-order valence-corrected chi connectivity index (χ2v) is 7.72. The van der Waals surface area contributed by atoms with Crippen LogP contribution in [0.5, 0.6) is 5.75 Å². The van der Waals surface area contributed by atoms with Gasteiger partial charge in [-0.05, 0) is 37.6 Å². The van der Waals surface area contributed by atoms with E-state index < -0.39 is 0 Å². The van der Waals surface area contributed by atoms with E-state index in [0.717, 1.165) is 42.1 Å². The van der Waals surface area contributed by atoms with Crippen LogP contribution in [0.25, 0.3) is 17.1 Å². The molecule has 0 aliphatic rings. The third kappa shape index (κ3) is 5.86. The summed E-state index contributed by atoms with van der Waals surface area (Å²) in [6.07, 6.45) is 3.27. The van der Waals surface area contributed by atoms with Crippen molar-refractivity contribution in [1.29, 1.82) is 0 Å². The lowest BCUT2D eigenvalue weighted by atomic mass is 10.2. The first-order chi connectivity index (χ1) is 14.7. The SMILES string of the molecule is CCCCCNC(=O)CSc1nnc(-c2ccccc2)n1-c1ccc(OCC)cc1. The summed E-state index contributed by atoms with van der Waals surface area (Å²) >= 11 is 1.39. The molecule has 3 aromatic rings. The van der Waals surface area contributed by atoms with Gasteiger partial charge in [-0.25, -0.2) is 0 Å². The van der Waals surface area contributed by atoms with Crippen molar-refractivity contribution in [1.82, 2.24) is 20.1 Å². The molecule has 0 fully saturated rings. The molecular formula is C23H28N4O2S. The number of hydrogen-bond donors (Lipinski definition) is 1. The minimum Gasteiger partial charge on any atom is -0.494 e. The van der Waals surface area contributed by atoms with Gasteiger partial charge in [-0.15, -0.1) is 10.2 Å². The Labute approximate surface area is 182 Å². The molecule has 1 heterocycles. The van der Waals surface area contributed by atoms with Gasteiger partial charge >= 0.3 is 0 Å². The number of carbonyl (C=O) groups excluding carboxylic acids is 1. The Bertz CT molecular complexity index is 926. The molecule has 0 bridgehead atoms. The molecule has 158 valence electrons. The molecule has 0 radical (unpaired) electrons. The minimum absolute atomic E-state index is 0.0126. The van der Waals surface area contributed by atoms with Gasteiger partial charge in [0, 0.05) is 17.8 Å². The van der Waals surface area contributed by atoms with E-state index in [1.54, 1.807) is 0 Å². The number of ether oxygens (including phenoxy) is 1. The predicted octanol–water partition coefficient (Wildman–Crippen LogP) is 4.73. The molecule has 0 aliphatic carbocycles. The molecule has 30 heavy (non-hydrogen) atoms. The first-order valence-electron chi connectivity index (χ1n) is 10.4. The molecule has 6 nitrogen and oxygen atoms in total. The summed E-state index contributed by atoms with van der Waals surface area (Å²) in [6.45, 7) is 5.45. The van der Waals surface area contributed by atoms with E-state index in [0.29, 0.717) is 24.1 Å². The third-order valence-electron chi connectivity index (χ3n) is 4.51. The summed E-state index contributed by atoms with van der Waals surface area (Å²) in [6, 6.07) is 17.8. The Balaban J connectivity index is 1.81. The summed E-state index contributed by atoms with van der Waals surface area (Å²) in [5.41, 5.74) is 1.89. The molecule has 1 amide bonds. The van der Waals surface area contributed by atoms with E-state index >= 15 is 0 Å². The second kappa shape index (κ2) is 11.4. The minimum atomic E-state index is 0.0126. The first kappa shape index (κ1) is 21.9. The van der Waals surface area contributed by atoms with Crippen LogP contribution in [-0.4, -0.2) is 39.6 Å². The van der Waals surface area contributed by atoms with Gasteiger partial charge in [0.2, 0.25) is 5.91 Å². The van der Waals surface area contributed by atoms with Crippen LogP contribution < -0.4 is 10.1 Å². The van der Waals surface area contributed by atoms with E-state index in [4.69, 9.17) is 4.74 Å². The normalized spacial score (nSPS) is 10.7. The van der Waals surface area contributed by atoms with Crippen molar-refractivity contribution in [2.45, 2.75) is 38.3 Å². The fourth-order valence-electron chi connectivity index (χ4n) is 3.01. The molecule has 7 heteroatoms. The fraction of sp³-hybridized carbons (Fsp3) is 0.348. The Kier molecular flexibility index (Phi) is 8.32. The van der Waals surface area contributed by atoms with Gasteiger partial charge in [-0.2, -0.15) is 0 Å². The highest BCUT2D eigenvalue weighted by Gasteiger charge is 2.17. The number of benzene rings is 2. The van der Waals surface area contributed by atoms with Crippen LogP contribution in [-0.2, 0) is 4.79 Å². The summed E-state index contributed by atoms with van der Waals surface area (Å²) in [7, 11) is 0. The number of nitrogens with zero attached hydrogens (tertiary/aromatic N) is 3. The van der Waals surface area contributed by atoms with Gasteiger partial charge in [0.25, 0.3) is 0 Å². The van der Waals surface area contributed by atoms with Crippen molar-refractivity contribution in [3.05, 3.63) is 54.6 Å². The lowest BCUT2D eigenvalue weighted by Crippen LogP contribution is -2.26. The van der Waals surface area contributed by atoms with E-state index in [-0.39, 0.29) is 5.91 Å². The van der Waals surface area contributed by atoms with Crippen molar-refractivity contribution in [3.8, 4) is 22.8 Å². The van der Waals surface area contributed by atoms with Gasteiger partial charge in [0.05, 0.1) is 12.4 Å². The Hall–Kier alpha value is -2.80. The van der Waals surface area contributed by atoms with Gasteiger partial charge in [-0.3, -0.25) is 9.36 Å². The van der Waals surface area contributed by atoms with Gasteiger partial charge in [0.1, 0.15) is 5.75 Å². The van der Waals surface area contributed by atoms with Gasteiger partial charge in [-0.1, -0.05) is 61.9 Å². The molecule has 0 aliphatic heterocycles. The maximum atomic E-state index is 12.2. The second-order valence-electron chi connectivity index (χ2n) is 6.78. The smallest absolute Gasteiger partial charge is 0.230 e. The molecule has 0 saturated carbocycles. The number of rotatable bonds is 11. The van der Waals surface area contributed by atoms with Crippen molar-refractivity contribution in [2.24, 2.45) is 0 Å². The highest BCUT2D eigenvalue weighted by molar-refractivity contribution is 7.99. The van der Waals surface area contributed by atoms with Crippen LogP contribution in [0.2, 0.25) is 0 Å². The Morgan fingerprint density at radius 3 is 2.50 bits per heavy atom. The molecule has 0 spiro atoms. The lowest BCUT2D eigenvalue weighted by Gasteiger charge is -2.11. The van der Waals surface area contributed by atoms with E-state index in [2.05, 4.69) is 22.4 Å². The number of thioether (sulfide) groups is 1. The summed E-state index contributed by atoms with van der Waals surface area (Å²) in [5, 5.41) is 12.4. The largest absolute Gasteiger partial charge is 0.494 e. The Morgan fingerprint density at radius 1 is 1.03 bits per heavy atom. The molecule has 3 rings (SSSR count). The van der Waals surface area contributed by atoms with Crippen LogP contribution in [0.3, 0.4) is 0 Å². The molecule has 1 N–H and O–H groups in total. The molecule has 0 unspecified atom stereocenters. The lowest BCUT2D eigenvalue weighted by molar-refractivity contribution is -0.118. The summed E-state index contributed by atoms with van der Waals surface area (Å²) in [4.78, 5) is 12.2. The van der Waals surface area contributed by atoms with Gasteiger partial charge < -0.3 is 10.1 Å². The standard InChI is InChI=1S/C23H28N4O2S/c1-3-5-9-16-24-21(28)17-30-23-26-25-22(18-10-7-6-8-11-18)27(23)19-12-14-20(15-13-19)29-4-2/h6-8,10-15H,3-5,9,16-17H2,1-2H3,(H,24,28). The number of aromatic nitrogens is 3. The molecular weight excluding hydrogens is 396 g/mol. The average Bonchev–Trinajstić information content (AvgIpc) is 3.21. The first-order valence-corrected chi connectivity index (χ1v) is 11.3. The van der Waals surface area contributed by atoms with Crippen molar-refractivity contribution in [3.63, 3.8) is 0 Å². The van der Waals surface area contributed by atoms with Crippen LogP contribution in [0.4, 0.5) is 0 Å². The number of carbonyl (C=O) groups is 1. The zero-order valence-electron chi connectivity index (χ0n) is 17.5.